The lowest BCUT2D eigenvalue weighted by molar-refractivity contribution is 1.19. The summed E-state index contributed by atoms with van der Waals surface area (Å²) < 4.78 is 0. The van der Waals surface area contributed by atoms with Gasteiger partial charge in [0.15, 0.2) is 0 Å². The van der Waals surface area contributed by atoms with Crippen molar-refractivity contribution >= 4 is 24.4 Å². The maximum absolute atomic E-state index is 2.51. The molecule has 0 fully saturated rings. The Kier molecular flexibility index (Phi) is 3.92. The molecule has 2 aliphatic carbocycles. The molecule has 0 nitrogen and oxygen atoms in total. The van der Waals surface area contributed by atoms with Crippen LogP contribution in [0.1, 0.15) is 17.5 Å². The van der Waals surface area contributed by atoms with Gasteiger partial charge in [0, 0.05) is 5.54 Å². The Morgan fingerprint density at radius 2 is 1.80 bits per heavy atom. The Morgan fingerprint density at radius 3 is 2.60 bits per heavy atom. The third-order valence-electron chi connectivity index (χ3n) is 5.37. The van der Waals surface area contributed by atoms with Crippen LogP contribution < -0.4 is 0 Å². The summed E-state index contributed by atoms with van der Waals surface area (Å²) >= 11 is 0. The Balaban J connectivity index is 1.95. The fourth-order valence-electron chi connectivity index (χ4n) is 4.39. The van der Waals surface area contributed by atoms with Crippen molar-refractivity contribution in [1.82, 2.24) is 0 Å². The molecule has 0 bridgehead atoms. The largest absolute Gasteiger partial charge is 0.0801 e. The van der Waals surface area contributed by atoms with Gasteiger partial charge in [-0.15, -0.1) is 0 Å². The van der Waals surface area contributed by atoms with Crippen molar-refractivity contribution < 1.29 is 0 Å². The normalized spacial score (nSPS) is 20.0. The van der Waals surface area contributed by atoms with E-state index in [4.69, 9.17) is 0 Å². The van der Waals surface area contributed by atoms with Gasteiger partial charge in [-0.25, -0.2) is 0 Å². The van der Waals surface area contributed by atoms with Gasteiger partial charge in [-0.3, -0.25) is 0 Å². The summed E-state index contributed by atoms with van der Waals surface area (Å²) in [6.07, 6.45) is 12.6. The average Bonchev–Trinajstić information content (AvgIpc) is 2.78. The topological polar surface area (TPSA) is 0 Å². The van der Waals surface area contributed by atoms with Crippen molar-refractivity contribution in [2.24, 2.45) is 0 Å². The van der Waals surface area contributed by atoms with Gasteiger partial charge in [0.25, 0.3) is 0 Å². The lowest BCUT2D eigenvalue weighted by Gasteiger charge is -2.31. The number of aryl methyl sites for hydroxylation is 1. The Bertz CT molecular complexity index is 961. The van der Waals surface area contributed by atoms with Crippen LogP contribution in [0.2, 0.25) is 25.2 Å². The van der Waals surface area contributed by atoms with E-state index >= 15 is 0 Å². The number of benzene rings is 2. The van der Waals surface area contributed by atoms with E-state index in [0.29, 0.717) is 5.54 Å². The molecule has 25 heavy (non-hydrogen) atoms. The highest BCUT2D eigenvalue weighted by Gasteiger charge is 2.37. The van der Waals surface area contributed by atoms with Crippen molar-refractivity contribution in [2.45, 2.75) is 38.5 Å². The van der Waals surface area contributed by atoms with E-state index in [1.165, 1.54) is 27.5 Å². The van der Waals surface area contributed by atoms with E-state index in [1.54, 1.807) is 11.1 Å². The first-order valence-corrected chi connectivity index (χ1v) is 12.8. The molecule has 0 spiro atoms. The molecule has 0 radical (unpaired) electrons. The first-order chi connectivity index (χ1) is 11.9. The zero-order chi connectivity index (χ0) is 17.6. The van der Waals surface area contributed by atoms with Crippen LogP contribution in [0.25, 0.3) is 16.3 Å². The van der Waals surface area contributed by atoms with Gasteiger partial charge in [-0.05, 0) is 52.0 Å². The number of rotatable bonds is 2. The van der Waals surface area contributed by atoms with Crippen LogP contribution in [-0.4, -0.2) is 8.07 Å². The van der Waals surface area contributed by atoms with Crippen LogP contribution in [0.15, 0.2) is 77.9 Å². The molecule has 1 heteroatoms. The standard InChI is InChI=1S/C24H26Si/c1-17-14-18-11-8-9-12-20(18)22(15-17)23-16-19-10-6-5-7-13-21(19)24(23)25(2,3)4/h5-9,11-16,24H,10H2,1-4H3. The molecular weight excluding hydrogens is 316 g/mol. The minimum absolute atomic E-state index is 0.573. The summed E-state index contributed by atoms with van der Waals surface area (Å²) in [5, 5.41) is 2.74. The molecule has 0 aromatic heterocycles. The smallest absolute Gasteiger partial charge is 0.0574 e. The van der Waals surface area contributed by atoms with Crippen molar-refractivity contribution in [2.75, 3.05) is 0 Å². The van der Waals surface area contributed by atoms with Gasteiger partial charge in [-0.2, -0.15) is 0 Å². The minimum Gasteiger partial charge on any atom is -0.0801 e. The van der Waals surface area contributed by atoms with Gasteiger partial charge in [0.2, 0.25) is 0 Å². The van der Waals surface area contributed by atoms with Crippen molar-refractivity contribution in [1.29, 1.82) is 0 Å². The summed E-state index contributed by atoms with van der Waals surface area (Å²) in [7, 11) is -1.41. The molecule has 1 atom stereocenters. The van der Waals surface area contributed by atoms with E-state index in [9.17, 15) is 0 Å². The fourth-order valence-corrected chi connectivity index (χ4v) is 6.77. The lowest BCUT2D eigenvalue weighted by Crippen LogP contribution is -2.29. The summed E-state index contributed by atoms with van der Waals surface area (Å²) in [6.45, 7) is 9.73. The van der Waals surface area contributed by atoms with Crippen LogP contribution in [0.4, 0.5) is 0 Å². The molecule has 126 valence electrons. The summed E-state index contributed by atoms with van der Waals surface area (Å²) in [6, 6.07) is 13.5. The van der Waals surface area contributed by atoms with Crippen LogP contribution in [0.3, 0.4) is 0 Å². The van der Waals surface area contributed by atoms with Gasteiger partial charge >= 0.3 is 0 Å². The quantitative estimate of drug-likeness (QED) is 0.512. The first-order valence-electron chi connectivity index (χ1n) is 9.23. The maximum Gasteiger partial charge on any atom is 0.0574 e. The third-order valence-corrected chi connectivity index (χ3v) is 7.72. The molecule has 0 amide bonds. The lowest BCUT2D eigenvalue weighted by atomic mass is 9.94. The number of hydrogen-bond acceptors (Lipinski definition) is 0. The molecule has 2 aromatic rings. The molecule has 1 unspecified atom stereocenters. The highest BCUT2D eigenvalue weighted by atomic mass is 28.3. The van der Waals surface area contributed by atoms with Crippen molar-refractivity contribution in [3.05, 3.63) is 89.1 Å². The summed E-state index contributed by atoms with van der Waals surface area (Å²) in [5.74, 6) is 0. The highest BCUT2D eigenvalue weighted by molar-refractivity contribution is 6.80. The SMILES string of the molecule is Cc1cc(C2=CC3=C(C=CC=CC3)C2[Si](C)(C)C)c2ccccc2c1. The highest BCUT2D eigenvalue weighted by Crippen LogP contribution is 2.51. The van der Waals surface area contributed by atoms with Gasteiger partial charge < -0.3 is 0 Å². The maximum atomic E-state index is 2.51. The Morgan fingerprint density at radius 1 is 1.00 bits per heavy atom. The first kappa shape index (κ1) is 16.4. The van der Waals surface area contributed by atoms with E-state index < -0.39 is 8.07 Å². The molecule has 4 rings (SSSR count). The minimum atomic E-state index is -1.41. The predicted octanol–water partition coefficient (Wildman–Crippen LogP) is 7.07. The second-order valence-corrected chi connectivity index (χ2v) is 13.7. The zero-order valence-electron chi connectivity index (χ0n) is 15.6. The number of fused-ring (bicyclic) bond motifs is 1. The molecule has 2 aromatic carbocycles. The van der Waals surface area contributed by atoms with Crippen LogP contribution in [-0.2, 0) is 0 Å². The van der Waals surface area contributed by atoms with Crippen molar-refractivity contribution in [3.8, 4) is 0 Å². The average molecular weight is 343 g/mol. The molecular formula is C24H26Si. The van der Waals surface area contributed by atoms with E-state index in [-0.39, 0.29) is 0 Å². The molecule has 0 N–H and O–H groups in total. The number of allylic oxidation sites excluding steroid dienone is 8. The molecule has 2 aliphatic rings. The fraction of sp³-hybridized carbons (Fsp3) is 0.250. The third kappa shape index (κ3) is 2.87. The van der Waals surface area contributed by atoms with Gasteiger partial charge in [0.1, 0.15) is 0 Å². The molecule has 0 saturated heterocycles. The van der Waals surface area contributed by atoms with Crippen molar-refractivity contribution in [3.63, 3.8) is 0 Å². The molecule has 0 aliphatic heterocycles. The monoisotopic (exact) mass is 342 g/mol. The molecule has 0 saturated carbocycles. The Labute approximate surface area is 152 Å². The predicted molar refractivity (Wildman–Crippen MR) is 114 cm³/mol. The molecule has 0 heterocycles. The van der Waals surface area contributed by atoms with Gasteiger partial charge in [-0.1, -0.05) is 86.4 Å². The second kappa shape index (κ2) is 6.00. The van der Waals surface area contributed by atoms with E-state index in [2.05, 4.69) is 93.3 Å². The van der Waals surface area contributed by atoms with Crippen LogP contribution in [0.5, 0.6) is 0 Å². The summed E-state index contributed by atoms with van der Waals surface area (Å²) in [4.78, 5) is 0. The van der Waals surface area contributed by atoms with E-state index in [1.807, 2.05) is 0 Å². The zero-order valence-corrected chi connectivity index (χ0v) is 16.6. The second-order valence-electron chi connectivity index (χ2n) is 8.40. The van der Waals surface area contributed by atoms with Gasteiger partial charge in [0.05, 0.1) is 8.07 Å². The van der Waals surface area contributed by atoms with Crippen LogP contribution >= 0.6 is 0 Å². The Hall–Kier alpha value is -2.12. The summed E-state index contributed by atoms with van der Waals surface area (Å²) in [5.41, 5.74) is 7.98. The number of hydrogen-bond donors (Lipinski definition) is 0. The van der Waals surface area contributed by atoms with Crippen LogP contribution in [0, 0.1) is 6.92 Å². The van der Waals surface area contributed by atoms with E-state index in [0.717, 1.165) is 6.42 Å².